The third-order valence-corrected chi connectivity index (χ3v) is 4.32. The summed E-state index contributed by atoms with van der Waals surface area (Å²) in [5, 5.41) is 9.03. The lowest BCUT2D eigenvalue weighted by Gasteiger charge is -2.32. The average Bonchev–Trinajstić information content (AvgIpc) is 2.62. The number of pyridine rings is 1. The third-order valence-electron chi connectivity index (χ3n) is 4.32. The second-order valence-corrected chi connectivity index (χ2v) is 5.73. The Balaban J connectivity index is 1.66. The molecule has 1 saturated heterocycles. The maximum absolute atomic E-state index is 12.5. The van der Waals surface area contributed by atoms with Crippen LogP contribution in [0.3, 0.4) is 0 Å². The van der Waals surface area contributed by atoms with E-state index in [2.05, 4.69) is 4.98 Å². The Morgan fingerprint density at radius 2 is 1.70 bits per heavy atom. The summed E-state index contributed by atoms with van der Waals surface area (Å²) in [5.41, 5.74) is 1.84. The number of likely N-dealkylation sites (tertiary alicyclic amines) is 1. The minimum Gasteiger partial charge on any atom is -0.478 e. The molecule has 5 nitrogen and oxygen atoms in total. The summed E-state index contributed by atoms with van der Waals surface area (Å²) in [4.78, 5) is 29.4. The minimum absolute atomic E-state index is 0.0960. The van der Waals surface area contributed by atoms with Gasteiger partial charge in [0, 0.05) is 31.0 Å². The van der Waals surface area contributed by atoms with Crippen molar-refractivity contribution in [2.45, 2.75) is 18.8 Å². The topological polar surface area (TPSA) is 70.5 Å². The van der Waals surface area contributed by atoms with Gasteiger partial charge in [-0.05, 0) is 54.7 Å². The Kier molecular flexibility index (Phi) is 4.37. The molecule has 0 unspecified atom stereocenters. The number of carbonyl (C=O) groups is 2. The number of aromatic carboxylic acids is 1. The number of carboxylic acids is 1. The zero-order chi connectivity index (χ0) is 16.2. The summed E-state index contributed by atoms with van der Waals surface area (Å²) in [7, 11) is 0. The molecule has 1 amide bonds. The standard InChI is InChI=1S/C18H18N2O3/c21-17(15-2-1-3-16(12-15)18(22)23)20-10-6-14(7-11-20)13-4-8-19-9-5-13/h1-5,8-9,12,14H,6-7,10-11H2,(H,22,23). The Hall–Kier alpha value is -2.69. The molecule has 2 heterocycles. The van der Waals surface area contributed by atoms with Gasteiger partial charge in [-0.1, -0.05) is 6.07 Å². The highest BCUT2D eigenvalue weighted by atomic mass is 16.4. The SMILES string of the molecule is O=C(O)c1cccc(C(=O)N2CCC(c3ccncc3)CC2)c1. The van der Waals surface area contributed by atoms with Crippen LogP contribution in [-0.4, -0.2) is 40.0 Å². The second kappa shape index (κ2) is 6.60. The van der Waals surface area contributed by atoms with Crippen molar-refractivity contribution >= 4 is 11.9 Å². The van der Waals surface area contributed by atoms with Crippen molar-refractivity contribution in [3.05, 3.63) is 65.5 Å². The van der Waals surface area contributed by atoms with Crippen molar-refractivity contribution in [2.24, 2.45) is 0 Å². The molecular weight excluding hydrogens is 292 g/mol. The van der Waals surface area contributed by atoms with E-state index in [1.807, 2.05) is 12.1 Å². The Morgan fingerprint density at radius 1 is 1.04 bits per heavy atom. The number of benzene rings is 1. The first kappa shape index (κ1) is 15.2. The summed E-state index contributed by atoms with van der Waals surface area (Å²) in [6, 6.07) is 10.3. The highest BCUT2D eigenvalue weighted by Gasteiger charge is 2.24. The largest absolute Gasteiger partial charge is 0.478 e. The fraction of sp³-hybridized carbons (Fsp3) is 0.278. The second-order valence-electron chi connectivity index (χ2n) is 5.73. The van der Waals surface area contributed by atoms with Crippen LogP contribution in [0.5, 0.6) is 0 Å². The number of amides is 1. The average molecular weight is 310 g/mol. The Labute approximate surface area is 134 Å². The van der Waals surface area contributed by atoms with Gasteiger partial charge in [0.05, 0.1) is 5.56 Å². The molecule has 1 aromatic carbocycles. The molecule has 1 aromatic heterocycles. The maximum atomic E-state index is 12.5. The minimum atomic E-state index is -1.02. The number of hydrogen-bond acceptors (Lipinski definition) is 3. The number of hydrogen-bond donors (Lipinski definition) is 1. The lowest BCUT2D eigenvalue weighted by atomic mass is 9.90. The van der Waals surface area contributed by atoms with Gasteiger partial charge < -0.3 is 10.0 Å². The number of nitrogens with zero attached hydrogens (tertiary/aromatic N) is 2. The van der Waals surface area contributed by atoms with Crippen LogP contribution in [0.2, 0.25) is 0 Å². The lowest BCUT2D eigenvalue weighted by molar-refractivity contribution is 0.0697. The zero-order valence-corrected chi connectivity index (χ0v) is 12.7. The molecule has 0 spiro atoms. The normalized spacial score (nSPS) is 15.4. The van der Waals surface area contributed by atoms with Gasteiger partial charge >= 0.3 is 5.97 Å². The number of carboxylic acid groups (broad SMARTS) is 1. The van der Waals surface area contributed by atoms with Gasteiger partial charge in [-0.25, -0.2) is 4.79 Å². The molecule has 0 bridgehead atoms. The number of piperidine rings is 1. The lowest BCUT2D eigenvalue weighted by Crippen LogP contribution is -2.38. The molecule has 3 rings (SSSR count). The molecule has 5 heteroatoms. The molecule has 0 saturated carbocycles. The van der Waals surface area contributed by atoms with Crippen molar-refractivity contribution in [1.82, 2.24) is 9.88 Å². The molecule has 1 N–H and O–H groups in total. The first-order valence-electron chi connectivity index (χ1n) is 7.67. The number of carbonyl (C=O) groups excluding carboxylic acids is 1. The first-order valence-corrected chi connectivity index (χ1v) is 7.67. The van der Waals surface area contributed by atoms with E-state index in [0.29, 0.717) is 24.6 Å². The number of rotatable bonds is 3. The van der Waals surface area contributed by atoms with E-state index in [4.69, 9.17) is 5.11 Å². The molecule has 1 aliphatic heterocycles. The van der Waals surface area contributed by atoms with Crippen molar-refractivity contribution < 1.29 is 14.7 Å². The number of aromatic nitrogens is 1. The first-order chi connectivity index (χ1) is 11.1. The predicted molar refractivity (Wildman–Crippen MR) is 85.5 cm³/mol. The van der Waals surface area contributed by atoms with Crippen LogP contribution >= 0.6 is 0 Å². The zero-order valence-electron chi connectivity index (χ0n) is 12.7. The van der Waals surface area contributed by atoms with Crippen molar-refractivity contribution in [3.8, 4) is 0 Å². The van der Waals surface area contributed by atoms with Crippen LogP contribution in [0, 0.1) is 0 Å². The van der Waals surface area contributed by atoms with E-state index in [1.165, 1.54) is 17.7 Å². The predicted octanol–water partition coefficient (Wildman–Crippen LogP) is 2.80. The van der Waals surface area contributed by atoms with Gasteiger partial charge in [0.1, 0.15) is 0 Å². The van der Waals surface area contributed by atoms with Crippen LogP contribution in [0.25, 0.3) is 0 Å². The van der Waals surface area contributed by atoms with E-state index in [0.717, 1.165) is 12.8 Å². The molecule has 0 atom stereocenters. The van der Waals surface area contributed by atoms with Crippen LogP contribution in [0.4, 0.5) is 0 Å². The fourth-order valence-electron chi connectivity index (χ4n) is 3.02. The van der Waals surface area contributed by atoms with Crippen LogP contribution in [0.1, 0.15) is 45.0 Å². The molecule has 2 aromatic rings. The quantitative estimate of drug-likeness (QED) is 0.946. The van der Waals surface area contributed by atoms with Gasteiger partial charge in [-0.2, -0.15) is 0 Å². The van der Waals surface area contributed by atoms with E-state index in [1.54, 1.807) is 29.4 Å². The van der Waals surface area contributed by atoms with E-state index >= 15 is 0 Å². The molecule has 0 radical (unpaired) electrons. The molecule has 1 fully saturated rings. The maximum Gasteiger partial charge on any atom is 0.335 e. The van der Waals surface area contributed by atoms with Crippen LogP contribution < -0.4 is 0 Å². The summed E-state index contributed by atoms with van der Waals surface area (Å²) in [6.45, 7) is 1.37. The molecular formula is C18H18N2O3. The fourth-order valence-corrected chi connectivity index (χ4v) is 3.02. The van der Waals surface area contributed by atoms with Gasteiger partial charge in [-0.15, -0.1) is 0 Å². The van der Waals surface area contributed by atoms with Crippen molar-refractivity contribution in [1.29, 1.82) is 0 Å². The molecule has 23 heavy (non-hydrogen) atoms. The van der Waals surface area contributed by atoms with E-state index < -0.39 is 5.97 Å². The van der Waals surface area contributed by atoms with Gasteiger partial charge in [0.25, 0.3) is 5.91 Å². The highest BCUT2D eigenvalue weighted by molar-refractivity contribution is 5.97. The summed E-state index contributed by atoms with van der Waals surface area (Å²) < 4.78 is 0. The Bertz CT molecular complexity index is 707. The molecule has 118 valence electrons. The summed E-state index contributed by atoms with van der Waals surface area (Å²) >= 11 is 0. The monoisotopic (exact) mass is 310 g/mol. The smallest absolute Gasteiger partial charge is 0.335 e. The van der Waals surface area contributed by atoms with Crippen LogP contribution in [-0.2, 0) is 0 Å². The van der Waals surface area contributed by atoms with E-state index in [9.17, 15) is 9.59 Å². The molecule has 0 aliphatic carbocycles. The molecule has 1 aliphatic rings. The van der Waals surface area contributed by atoms with Crippen LogP contribution in [0.15, 0.2) is 48.8 Å². The summed E-state index contributed by atoms with van der Waals surface area (Å²) in [5.74, 6) is -0.662. The van der Waals surface area contributed by atoms with Gasteiger partial charge in [0.2, 0.25) is 0 Å². The summed E-state index contributed by atoms with van der Waals surface area (Å²) in [6.07, 6.45) is 5.41. The van der Waals surface area contributed by atoms with Gasteiger partial charge in [-0.3, -0.25) is 9.78 Å². The third kappa shape index (κ3) is 3.39. The van der Waals surface area contributed by atoms with Crippen molar-refractivity contribution in [2.75, 3.05) is 13.1 Å². The van der Waals surface area contributed by atoms with Crippen molar-refractivity contribution in [3.63, 3.8) is 0 Å². The highest BCUT2D eigenvalue weighted by Crippen LogP contribution is 2.28. The Morgan fingerprint density at radius 3 is 2.35 bits per heavy atom. The van der Waals surface area contributed by atoms with Gasteiger partial charge in [0.15, 0.2) is 0 Å². The van der Waals surface area contributed by atoms with E-state index in [-0.39, 0.29) is 11.5 Å².